The Hall–Kier alpha value is -2.60. The van der Waals surface area contributed by atoms with Crippen molar-refractivity contribution in [3.63, 3.8) is 0 Å². The molecule has 124 valence electrons. The summed E-state index contributed by atoms with van der Waals surface area (Å²) < 4.78 is 5.74. The van der Waals surface area contributed by atoms with Gasteiger partial charge in [-0.2, -0.15) is 0 Å². The number of benzene rings is 1. The quantitative estimate of drug-likeness (QED) is 0.720. The fraction of sp³-hybridized carbons (Fsp3) is 0.222. The zero-order valence-corrected chi connectivity index (χ0v) is 14.1. The maximum absolute atomic E-state index is 12.0. The van der Waals surface area contributed by atoms with Crippen molar-refractivity contribution in [1.29, 1.82) is 0 Å². The topological polar surface area (TPSA) is 71.3 Å². The Kier molecular flexibility index (Phi) is 4.96. The number of para-hydroxylation sites is 1. The van der Waals surface area contributed by atoms with Gasteiger partial charge >= 0.3 is 0 Å². The molecule has 3 aromatic rings. The Labute approximate surface area is 143 Å². The summed E-state index contributed by atoms with van der Waals surface area (Å²) in [6.07, 6.45) is 0.224. The van der Waals surface area contributed by atoms with Crippen LogP contribution in [0, 0.1) is 0 Å². The van der Waals surface area contributed by atoms with Crippen molar-refractivity contribution in [2.75, 3.05) is 6.54 Å². The molecule has 0 spiro atoms. The standard InChI is InChI=1S/C18H18N2O3S/c1-12(15-11-13-5-2-3-6-14(13)23-15)20-17(21)8-9-19-18(22)16-7-4-10-24-16/h2-7,10-12H,8-9H2,1H3,(H,19,22)(H,20,21). The minimum atomic E-state index is -0.224. The monoisotopic (exact) mass is 342 g/mol. The summed E-state index contributed by atoms with van der Waals surface area (Å²) in [6.45, 7) is 2.18. The Bertz CT molecular complexity index is 806. The maximum Gasteiger partial charge on any atom is 0.261 e. The summed E-state index contributed by atoms with van der Waals surface area (Å²) in [6, 6.07) is 13.0. The molecule has 1 unspecified atom stereocenters. The molecule has 0 saturated carbocycles. The Morgan fingerprint density at radius 2 is 2.04 bits per heavy atom. The third-order valence-corrected chi connectivity index (χ3v) is 4.50. The van der Waals surface area contributed by atoms with Gasteiger partial charge in [-0.05, 0) is 30.5 Å². The zero-order valence-electron chi connectivity index (χ0n) is 13.2. The van der Waals surface area contributed by atoms with Crippen molar-refractivity contribution < 1.29 is 14.0 Å². The van der Waals surface area contributed by atoms with Crippen molar-refractivity contribution in [2.24, 2.45) is 0 Å². The van der Waals surface area contributed by atoms with Crippen molar-refractivity contribution in [2.45, 2.75) is 19.4 Å². The van der Waals surface area contributed by atoms with Gasteiger partial charge in [-0.25, -0.2) is 0 Å². The van der Waals surface area contributed by atoms with Crippen LogP contribution in [0.25, 0.3) is 11.0 Å². The number of carbonyl (C=O) groups excluding carboxylic acids is 2. The van der Waals surface area contributed by atoms with Gasteiger partial charge in [0, 0.05) is 18.4 Å². The van der Waals surface area contributed by atoms with Gasteiger partial charge in [-0.15, -0.1) is 11.3 Å². The predicted octanol–water partition coefficient (Wildman–Crippen LogP) is 3.49. The summed E-state index contributed by atoms with van der Waals surface area (Å²) in [5.74, 6) is 0.435. The van der Waals surface area contributed by atoms with Crippen LogP contribution in [0.3, 0.4) is 0 Å². The summed E-state index contributed by atoms with van der Waals surface area (Å²) in [4.78, 5) is 24.4. The van der Waals surface area contributed by atoms with E-state index in [4.69, 9.17) is 4.42 Å². The molecule has 0 saturated heterocycles. The maximum atomic E-state index is 12.0. The van der Waals surface area contributed by atoms with Crippen molar-refractivity contribution in [3.8, 4) is 0 Å². The second kappa shape index (κ2) is 7.31. The van der Waals surface area contributed by atoms with Crippen LogP contribution in [0.4, 0.5) is 0 Å². The van der Waals surface area contributed by atoms with Crippen LogP contribution < -0.4 is 10.6 Å². The van der Waals surface area contributed by atoms with Crippen LogP contribution in [0.2, 0.25) is 0 Å². The molecule has 3 rings (SSSR count). The molecular formula is C18H18N2O3S. The van der Waals surface area contributed by atoms with Crippen LogP contribution in [0.15, 0.2) is 52.3 Å². The van der Waals surface area contributed by atoms with Gasteiger partial charge in [0.2, 0.25) is 5.91 Å². The Balaban J connectivity index is 1.48. The van der Waals surface area contributed by atoms with Crippen molar-refractivity contribution in [3.05, 3.63) is 58.5 Å². The third-order valence-electron chi connectivity index (χ3n) is 3.63. The van der Waals surface area contributed by atoms with Gasteiger partial charge in [0.15, 0.2) is 0 Å². The number of thiophene rings is 1. The molecule has 2 aromatic heterocycles. The summed E-state index contributed by atoms with van der Waals surface area (Å²) in [5.41, 5.74) is 0.803. The normalized spacial score (nSPS) is 12.0. The first-order valence-electron chi connectivity index (χ1n) is 7.73. The molecule has 0 radical (unpaired) electrons. The van der Waals surface area contributed by atoms with E-state index in [2.05, 4.69) is 10.6 Å². The molecule has 0 aliphatic heterocycles. The van der Waals surface area contributed by atoms with E-state index < -0.39 is 0 Å². The number of amides is 2. The molecule has 0 aliphatic rings. The van der Waals surface area contributed by atoms with E-state index in [1.165, 1.54) is 11.3 Å². The van der Waals surface area contributed by atoms with Gasteiger partial charge in [-0.1, -0.05) is 24.3 Å². The fourth-order valence-corrected chi connectivity index (χ4v) is 3.03. The minimum Gasteiger partial charge on any atom is -0.459 e. The van der Waals surface area contributed by atoms with Crippen LogP contribution >= 0.6 is 11.3 Å². The zero-order chi connectivity index (χ0) is 16.9. The van der Waals surface area contributed by atoms with Gasteiger partial charge in [0.1, 0.15) is 11.3 Å². The molecule has 6 heteroatoms. The molecule has 0 aliphatic carbocycles. The van der Waals surface area contributed by atoms with Crippen LogP contribution in [0.5, 0.6) is 0 Å². The Morgan fingerprint density at radius 3 is 2.79 bits per heavy atom. The van der Waals surface area contributed by atoms with Crippen LogP contribution in [-0.4, -0.2) is 18.4 Å². The SMILES string of the molecule is CC(NC(=O)CCNC(=O)c1cccs1)c1cc2ccccc2o1. The lowest BCUT2D eigenvalue weighted by Gasteiger charge is -2.11. The van der Waals surface area contributed by atoms with E-state index in [9.17, 15) is 9.59 Å². The van der Waals surface area contributed by atoms with Gasteiger partial charge in [0.05, 0.1) is 10.9 Å². The number of fused-ring (bicyclic) bond motifs is 1. The first kappa shape index (κ1) is 16.3. The molecule has 0 fully saturated rings. The number of rotatable bonds is 6. The van der Waals surface area contributed by atoms with E-state index in [0.717, 1.165) is 11.0 Å². The minimum absolute atomic E-state index is 0.130. The van der Waals surface area contributed by atoms with Crippen LogP contribution in [-0.2, 0) is 4.79 Å². The Morgan fingerprint density at radius 1 is 1.21 bits per heavy atom. The van der Waals surface area contributed by atoms with Crippen LogP contribution in [0.1, 0.15) is 34.8 Å². The van der Waals surface area contributed by atoms with E-state index in [1.54, 1.807) is 6.07 Å². The molecule has 5 nitrogen and oxygen atoms in total. The van der Waals surface area contributed by atoms with Gasteiger partial charge in [-0.3, -0.25) is 9.59 Å². The van der Waals surface area contributed by atoms with Gasteiger partial charge < -0.3 is 15.1 Å². The highest BCUT2D eigenvalue weighted by Gasteiger charge is 2.14. The second-order valence-corrected chi connectivity index (χ2v) is 6.41. The first-order chi connectivity index (χ1) is 11.6. The number of hydrogen-bond acceptors (Lipinski definition) is 4. The average Bonchev–Trinajstić information content (AvgIpc) is 3.24. The number of furan rings is 1. The van der Waals surface area contributed by atoms with E-state index in [-0.39, 0.29) is 24.3 Å². The fourth-order valence-electron chi connectivity index (χ4n) is 2.39. The number of nitrogens with one attached hydrogen (secondary N) is 2. The van der Waals surface area contributed by atoms with Gasteiger partial charge in [0.25, 0.3) is 5.91 Å². The number of carbonyl (C=O) groups is 2. The molecule has 1 aromatic carbocycles. The molecule has 24 heavy (non-hydrogen) atoms. The summed E-state index contributed by atoms with van der Waals surface area (Å²) in [5, 5.41) is 8.48. The molecular weight excluding hydrogens is 324 g/mol. The summed E-state index contributed by atoms with van der Waals surface area (Å²) >= 11 is 1.37. The molecule has 2 amide bonds. The first-order valence-corrected chi connectivity index (χ1v) is 8.61. The highest BCUT2D eigenvalue weighted by atomic mass is 32.1. The summed E-state index contributed by atoms with van der Waals surface area (Å²) in [7, 11) is 0. The lowest BCUT2D eigenvalue weighted by atomic mass is 10.2. The molecule has 1 atom stereocenters. The second-order valence-electron chi connectivity index (χ2n) is 5.46. The smallest absolute Gasteiger partial charge is 0.261 e. The largest absolute Gasteiger partial charge is 0.459 e. The highest BCUT2D eigenvalue weighted by Crippen LogP contribution is 2.23. The van der Waals surface area contributed by atoms with E-state index >= 15 is 0 Å². The highest BCUT2D eigenvalue weighted by molar-refractivity contribution is 7.12. The predicted molar refractivity (Wildman–Crippen MR) is 94.0 cm³/mol. The van der Waals surface area contributed by atoms with Crippen molar-refractivity contribution >= 4 is 34.1 Å². The van der Waals surface area contributed by atoms with E-state index in [0.29, 0.717) is 17.2 Å². The lowest BCUT2D eigenvalue weighted by Crippen LogP contribution is -2.31. The lowest BCUT2D eigenvalue weighted by molar-refractivity contribution is -0.121. The molecule has 0 bridgehead atoms. The molecule has 2 N–H and O–H groups in total. The number of hydrogen-bond donors (Lipinski definition) is 2. The van der Waals surface area contributed by atoms with E-state index in [1.807, 2.05) is 48.7 Å². The average molecular weight is 342 g/mol. The molecule has 2 heterocycles. The third kappa shape index (κ3) is 3.83. The van der Waals surface area contributed by atoms with Crippen molar-refractivity contribution in [1.82, 2.24) is 10.6 Å².